The van der Waals surface area contributed by atoms with E-state index < -0.39 is 0 Å². The lowest BCUT2D eigenvalue weighted by Crippen LogP contribution is -2.30. The van der Waals surface area contributed by atoms with E-state index in [-0.39, 0.29) is 11.5 Å². The van der Waals surface area contributed by atoms with E-state index in [0.29, 0.717) is 5.82 Å². The van der Waals surface area contributed by atoms with Crippen LogP contribution < -0.4 is 5.73 Å². The Morgan fingerprint density at radius 1 is 1.20 bits per heavy atom. The normalized spacial score (nSPS) is 20.5. The maximum Gasteiger partial charge on any atom is 0.178 e. The van der Waals surface area contributed by atoms with Gasteiger partial charge in [0.15, 0.2) is 5.82 Å². The molecule has 1 unspecified atom stereocenters. The highest BCUT2D eigenvalue weighted by Crippen LogP contribution is 2.38. The van der Waals surface area contributed by atoms with Crippen molar-refractivity contribution in [3.05, 3.63) is 41.3 Å². The third kappa shape index (κ3) is 2.43. The third-order valence-corrected chi connectivity index (χ3v) is 3.86. The Morgan fingerprint density at radius 3 is 2.70 bits per heavy atom. The van der Waals surface area contributed by atoms with Crippen LogP contribution in [0.25, 0.3) is 11.5 Å². The minimum absolute atomic E-state index is 0.0359. The molecule has 0 amide bonds. The van der Waals surface area contributed by atoms with Crippen LogP contribution in [-0.2, 0) is 6.42 Å². The second kappa shape index (κ2) is 4.63. The summed E-state index contributed by atoms with van der Waals surface area (Å²) < 4.78 is 0. The second-order valence-electron chi connectivity index (χ2n) is 6.47. The van der Waals surface area contributed by atoms with Crippen LogP contribution in [0.5, 0.6) is 0 Å². The van der Waals surface area contributed by atoms with Gasteiger partial charge in [0, 0.05) is 29.7 Å². The fourth-order valence-electron chi connectivity index (χ4n) is 2.83. The largest absolute Gasteiger partial charge is 0.324 e. The zero-order valence-corrected chi connectivity index (χ0v) is 12.2. The van der Waals surface area contributed by atoms with Gasteiger partial charge in [0.25, 0.3) is 0 Å². The molecule has 1 aliphatic carbocycles. The summed E-state index contributed by atoms with van der Waals surface area (Å²) in [6.07, 6.45) is 5.63. The number of aromatic nitrogens is 3. The Kier molecular flexibility index (Phi) is 3.05. The first-order chi connectivity index (χ1) is 9.44. The van der Waals surface area contributed by atoms with Crippen LogP contribution in [-0.4, -0.2) is 15.0 Å². The molecule has 20 heavy (non-hydrogen) atoms. The van der Waals surface area contributed by atoms with E-state index in [2.05, 4.69) is 23.8 Å². The minimum atomic E-state index is 0.0359. The molecule has 3 rings (SSSR count). The maximum atomic E-state index is 6.23. The first-order valence-electron chi connectivity index (χ1n) is 6.99. The summed E-state index contributed by atoms with van der Waals surface area (Å²) in [5, 5.41) is 0. The lowest BCUT2D eigenvalue weighted by molar-refractivity contribution is 0.278. The summed E-state index contributed by atoms with van der Waals surface area (Å²) in [6.45, 7) is 6.50. The molecule has 1 aliphatic rings. The molecule has 2 aromatic heterocycles. The van der Waals surface area contributed by atoms with Gasteiger partial charge in [-0.15, -0.1) is 0 Å². The second-order valence-corrected chi connectivity index (χ2v) is 6.47. The number of hydrogen-bond acceptors (Lipinski definition) is 4. The molecule has 1 atom stereocenters. The Bertz CT molecular complexity index is 631. The molecule has 2 N–H and O–H groups in total. The lowest BCUT2D eigenvalue weighted by Gasteiger charge is -2.34. The number of fused-ring (bicyclic) bond motifs is 1. The topological polar surface area (TPSA) is 64.7 Å². The number of nitrogens with two attached hydrogens (primary N) is 1. The third-order valence-electron chi connectivity index (χ3n) is 3.86. The highest BCUT2D eigenvalue weighted by molar-refractivity contribution is 5.50. The van der Waals surface area contributed by atoms with Gasteiger partial charge in [-0.2, -0.15) is 0 Å². The van der Waals surface area contributed by atoms with E-state index >= 15 is 0 Å². The smallest absolute Gasteiger partial charge is 0.178 e. The standard InChI is InChI=1S/C16H20N4/c1-10-4-5-13(18-8-10)15-19-9-11-12(17)6-16(2,3)7-14(11)20-15/h4-5,8-9,12H,6-7,17H2,1-3H3. The van der Waals surface area contributed by atoms with E-state index in [0.717, 1.165) is 35.4 Å². The summed E-state index contributed by atoms with van der Waals surface area (Å²) in [4.78, 5) is 13.5. The van der Waals surface area contributed by atoms with Crippen molar-refractivity contribution < 1.29 is 0 Å². The summed E-state index contributed by atoms with van der Waals surface area (Å²) in [6, 6.07) is 4.03. The number of hydrogen-bond donors (Lipinski definition) is 1. The van der Waals surface area contributed by atoms with Gasteiger partial charge in [0.2, 0.25) is 0 Å². The van der Waals surface area contributed by atoms with E-state index in [1.54, 1.807) is 0 Å². The van der Waals surface area contributed by atoms with Crippen LogP contribution in [0.4, 0.5) is 0 Å². The van der Waals surface area contributed by atoms with E-state index in [9.17, 15) is 0 Å². The van der Waals surface area contributed by atoms with Crippen molar-refractivity contribution in [3.63, 3.8) is 0 Å². The van der Waals surface area contributed by atoms with Gasteiger partial charge >= 0.3 is 0 Å². The molecule has 2 heterocycles. The van der Waals surface area contributed by atoms with Crippen LogP contribution in [0.3, 0.4) is 0 Å². The van der Waals surface area contributed by atoms with Crippen LogP contribution in [0.15, 0.2) is 24.5 Å². The zero-order valence-electron chi connectivity index (χ0n) is 12.2. The molecular formula is C16H20N4. The highest BCUT2D eigenvalue weighted by atomic mass is 14.9. The summed E-state index contributed by atoms with van der Waals surface area (Å²) >= 11 is 0. The molecule has 4 nitrogen and oxygen atoms in total. The molecule has 0 fully saturated rings. The Hall–Kier alpha value is -1.81. The van der Waals surface area contributed by atoms with E-state index in [4.69, 9.17) is 10.7 Å². The van der Waals surface area contributed by atoms with Crippen molar-refractivity contribution >= 4 is 0 Å². The minimum Gasteiger partial charge on any atom is -0.324 e. The van der Waals surface area contributed by atoms with Crippen molar-refractivity contribution in [1.29, 1.82) is 0 Å². The molecule has 0 saturated heterocycles. The van der Waals surface area contributed by atoms with Crippen LogP contribution in [0, 0.1) is 12.3 Å². The molecule has 0 spiro atoms. The van der Waals surface area contributed by atoms with E-state index in [1.807, 2.05) is 31.5 Å². The molecule has 4 heteroatoms. The van der Waals surface area contributed by atoms with Gasteiger partial charge in [0.05, 0.1) is 0 Å². The van der Waals surface area contributed by atoms with Crippen molar-refractivity contribution in [3.8, 4) is 11.5 Å². The fourth-order valence-corrected chi connectivity index (χ4v) is 2.83. The van der Waals surface area contributed by atoms with Gasteiger partial charge in [-0.05, 0) is 36.8 Å². The molecule has 0 aliphatic heterocycles. The first kappa shape index (κ1) is 13.2. The predicted octanol–water partition coefficient (Wildman–Crippen LogP) is 2.82. The predicted molar refractivity (Wildman–Crippen MR) is 79.0 cm³/mol. The highest BCUT2D eigenvalue weighted by Gasteiger charge is 2.31. The van der Waals surface area contributed by atoms with Gasteiger partial charge < -0.3 is 5.73 Å². The monoisotopic (exact) mass is 268 g/mol. The summed E-state index contributed by atoms with van der Waals surface area (Å²) in [5.74, 6) is 0.689. The Morgan fingerprint density at radius 2 is 2.00 bits per heavy atom. The molecule has 0 aromatic carbocycles. The van der Waals surface area contributed by atoms with Gasteiger partial charge in [-0.25, -0.2) is 9.97 Å². The SMILES string of the molecule is Cc1ccc(-c2ncc3c(n2)CC(C)(C)CC3N)nc1. The maximum absolute atomic E-state index is 6.23. The fraction of sp³-hybridized carbons (Fsp3) is 0.438. The lowest BCUT2D eigenvalue weighted by atomic mass is 9.74. The molecular weight excluding hydrogens is 248 g/mol. The van der Waals surface area contributed by atoms with Crippen molar-refractivity contribution in [2.75, 3.05) is 0 Å². The molecule has 0 bridgehead atoms. The van der Waals surface area contributed by atoms with Crippen molar-refractivity contribution in [2.24, 2.45) is 11.1 Å². The average molecular weight is 268 g/mol. The zero-order chi connectivity index (χ0) is 14.3. The summed E-state index contributed by atoms with van der Waals surface area (Å²) in [5.41, 5.74) is 10.5. The van der Waals surface area contributed by atoms with Crippen LogP contribution >= 0.6 is 0 Å². The Balaban J connectivity index is 2.02. The van der Waals surface area contributed by atoms with E-state index in [1.165, 1.54) is 0 Å². The van der Waals surface area contributed by atoms with Gasteiger partial charge in [0.1, 0.15) is 5.69 Å². The van der Waals surface area contributed by atoms with Gasteiger partial charge in [-0.3, -0.25) is 4.98 Å². The van der Waals surface area contributed by atoms with Gasteiger partial charge in [-0.1, -0.05) is 19.9 Å². The van der Waals surface area contributed by atoms with Crippen molar-refractivity contribution in [1.82, 2.24) is 15.0 Å². The number of pyridine rings is 1. The number of aryl methyl sites for hydroxylation is 1. The summed E-state index contributed by atoms with van der Waals surface area (Å²) in [7, 11) is 0. The molecule has 104 valence electrons. The number of nitrogens with zero attached hydrogens (tertiary/aromatic N) is 3. The Labute approximate surface area is 119 Å². The average Bonchev–Trinajstić information content (AvgIpc) is 2.37. The van der Waals surface area contributed by atoms with Crippen LogP contribution in [0.2, 0.25) is 0 Å². The van der Waals surface area contributed by atoms with Crippen molar-refractivity contribution in [2.45, 2.75) is 39.7 Å². The first-order valence-corrected chi connectivity index (χ1v) is 6.99. The molecule has 0 radical (unpaired) electrons. The number of rotatable bonds is 1. The molecule has 2 aromatic rings. The molecule has 0 saturated carbocycles. The van der Waals surface area contributed by atoms with Crippen LogP contribution in [0.1, 0.15) is 43.1 Å². The quantitative estimate of drug-likeness (QED) is 0.863.